The summed E-state index contributed by atoms with van der Waals surface area (Å²) in [6.07, 6.45) is 4.88. The van der Waals surface area contributed by atoms with E-state index in [1.165, 1.54) is 5.56 Å². The van der Waals surface area contributed by atoms with Gasteiger partial charge in [0.15, 0.2) is 0 Å². The second-order valence-corrected chi connectivity index (χ2v) is 10.9. The van der Waals surface area contributed by atoms with E-state index in [1.807, 2.05) is 59.1 Å². The molecule has 212 valence electrons. The second-order valence-electron chi connectivity index (χ2n) is 10.5. The Hall–Kier alpha value is -5.05. The number of rotatable bonds is 7. The van der Waals surface area contributed by atoms with Crippen molar-refractivity contribution in [1.29, 1.82) is 0 Å². The van der Waals surface area contributed by atoms with Gasteiger partial charge in [0.1, 0.15) is 5.65 Å². The molecule has 1 aliphatic rings. The molecule has 1 saturated heterocycles. The lowest BCUT2D eigenvalue weighted by Crippen LogP contribution is -2.12. The lowest BCUT2D eigenvalue weighted by molar-refractivity contribution is 0.102. The Labute approximate surface area is 253 Å². The number of hydrogen-bond acceptors (Lipinski definition) is 6. The molecular formula is C34H28ClN7O. The van der Waals surface area contributed by atoms with E-state index in [1.54, 1.807) is 30.5 Å². The number of imidazole rings is 1. The molecule has 6 aromatic rings. The number of aromatic nitrogens is 4. The molecule has 0 radical (unpaired) electrons. The van der Waals surface area contributed by atoms with Gasteiger partial charge in [-0.05, 0) is 79.0 Å². The molecule has 3 N–H and O–H groups in total. The third kappa shape index (κ3) is 5.58. The topological polar surface area (TPSA) is 96.2 Å². The van der Waals surface area contributed by atoms with E-state index < -0.39 is 0 Å². The molecule has 0 aliphatic carbocycles. The first-order valence-electron chi connectivity index (χ1n) is 14.2. The van der Waals surface area contributed by atoms with Crippen LogP contribution in [0.15, 0.2) is 109 Å². The van der Waals surface area contributed by atoms with Crippen LogP contribution in [0.3, 0.4) is 0 Å². The molecule has 0 bridgehead atoms. The highest BCUT2D eigenvalue weighted by Gasteiger charge is 2.19. The SMILES string of the molecule is O=C(Nc1cccc(-c2nc3ccccn3c2-c2ccnc(Nc3ccc(C4CCNC4)cc3)n2)c1)c1ccccc1Cl. The highest BCUT2D eigenvalue weighted by molar-refractivity contribution is 6.34. The van der Waals surface area contributed by atoms with Crippen LogP contribution >= 0.6 is 11.6 Å². The normalized spacial score (nSPS) is 14.6. The molecule has 1 unspecified atom stereocenters. The molecule has 7 rings (SSSR count). The molecule has 3 aromatic carbocycles. The minimum atomic E-state index is -0.280. The van der Waals surface area contributed by atoms with Gasteiger partial charge in [0.05, 0.1) is 27.7 Å². The summed E-state index contributed by atoms with van der Waals surface area (Å²) in [5, 5.41) is 10.1. The molecule has 9 heteroatoms. The predicted molar refractivity (Wildman–Crippen MR) is 171 cm³/mol. The molecule has 0 saturated carbocycles. The van der Waals surface area contributed by atoms with Gasteiger partial charge in [-0.2, -0.15) is 0 Å². The van der Waals surface area contributed by atoms with Gasteiger partial charge in [-0.15, -0.1) is 0 Å². The van der Waals surface area contributed by atoms with Crippen molar-refractivity contribution in [2.45, 2.75) is 12.3 Å². The van der Waals surface area contributed by atoms with Crippen molar-refractivity contribution in [3.05, 3.63) is 126 Å². The molecule has 1 aliphatic heterocycles. The van der Waals surface area contributed by atoms with E-state index in [2.05, 4.69) is 45.2 Å². The second kappa shape index (κ2) is 11.7. The van der Waals surface area contributed by atoms with Gasteiger partial charge in [0.2, 0.25) is 5.95 Å². The van der Waals surface area contributed by atoms with E-state index >= 15 is 0 Å². The van der Waals surface area contributed by atoms with Crippen LogP contribution in [0.5, 0.6) is 0 Å². The zero-order chi connectivity index (χ0) is 29.2. The molecular weight excluding hydrogens is 558 g/mol. The van der Waals surface area contributed by atoms with Crippen LogP contribution in [0.1, 0.15) is 28.3 Å². The average molecular weight is 586 g/mol. The first-order chi connectivity index (χ1) is 21.1. The van der Waals surface area contributed by atoms with Crippen molar-refractivity contribution >= 4 is 40.5 Å². The van der Waals surface area contributed by atoms with Gasteiger partial charge >= 0.3 is 0 Å². The van der Waals surface area contributed by atoms with Crippen LogP contribution in [-0.2, 0) is 0 Å². The van der Waals surface area contributed by atoms with E-state index in [-0.39, 0.29) is 5.91 Å². The Bertz CT molecular complexity index is 1930. The summed E-state index contributed by atoms with van der Waals surface area (Å²) in [5.74, 6) is 0.771. The van der Waals surface area contributed by atoms with Crippen LogP contribution in [0.25, 0.3) is 28.3 Å². The fourth-order valence-electron chi connectivity index (χ4n) is 5.49. The lowest BCUT2D eigenvalue weighted by Gasteiger charge is -2.11. The number of amides is 1. The Balaban J connectivity index is 1.21. The summed E-state index contributed by atoms with van der Waals surface area (Å²) < 4.78 is 2.01. The van der Waals surface area contributed by atoms with Crippen molar-refractivity contribution in [1.82, 2.24) is 24.7 Å². The van der Waals surface area contributed by atoms with Gasteiger partial charge in [0.25, 0.3) is 5.91 Å². The van der Waals surface area contributed by atoms with Crippen molar-refractivity contribution in [2.24, 2.45) is 0 Å². The Kier molecular flexibility index (Phi) is 7.28. The number of fused-ring (bicyclic) bond motifs is 1. The maximum absolute atomic E-state index is 12.9. The van der Waals surface area contributed by atoms with E-state index in [9.17, 15) is 4.79 Å². The summed E-state index contributed by atoms with van der Waals surface area (Å²) in [5.41, 5.74) is 7.19. The minimum Gasteiger partial charge on any atom is -0.324 e. The van der Waals surface area contributed by atoms with Crippen molar-refractivity contribution < 1.29 is 4.79 Å². The summed E-state index contributed by atoms with van der Waals surface area (Å²) in [7, 11) is 0. The van der Waals surface area contributed by atoms with Gasteiger partial charge in [-0.1, -0.05) is 54.1 Å². The van der Waals surface area contributed by atoms with Gasteiger partial charge in [0, 0.05) is 35.9 Å². The lowest BCUT2D eigenvalue weighted by atomic mass is 9.98. The van der Waals surface area contributed by atoms with Crippen LogP contribution in [-0.4, -0.2) is 38.3 Å². The summed E-state index contributed by atoms with van der Waals surface area (Å²) >= 11 is 6.25. The number of nitrogens with zero attached hydrogens (tertiary/aromatic N) is 4. The number of carbonyl (C=O) groups is 1. The smallest absolute Gasteiger partial charge is 0.257 e. The molecule has 0 spiro atoms. The highest BCUT2D eigenvalue weighted by atomic mass is 35.5. The summed E-state index contributed by atoms with van der Waals surface area (Å²) in [6, 6.07) is 30.8. The van der Waals surface area contributed by atoms with E-state index in [4.69, 9.17) is 21.6 Å². The van der Waals surface area contributed by atoms with Crippen LogP contribution in [0.2, 0.25) is 5.02 Å². The number of carbonyl (C=O) groups excluding carboxylic acids is 1. The Morgan fingerprint density at radius 3 is 2.60 bits per heavy atom. The van der Waals surface area contributed by atoms with Crippen molar-refractivity contribution in [3.8, 4) is 22.6 Å². The predicted octanol–water partition coefficient (Wildman–Crippen LogP) is 7.18. The Morgan fingerprint density at radius 2 is 1.77 bits per heavy atom. The number of nitrogens with one attached hydrogen (secondary N) is 3. The first-order valence-corrected chi connectivity index (χ1v) is 14.5. The third-order valence-corrected chi connectivity index (χ3v) is 7.97. The fourth-order valence-corrected chi connectivity index (χ4v) is 5.71. The molecule has 8 nitrogen and oxygen atoms in total. The maximum Gasteiger partial charge on any atom is 0.257 e. The zero-order valence-corrected chi connectivity index (χ0v) is 23.9. The standard InChI is InChI=1S/C34H28ClN7O/c35-28-9-2-1-8-27(28)33(43)38-26-7-5-6-23(20-26)31-32(42-19-4-3-10-30(42)41-31)29-16-18-37-34(40-29)39-25-13-11-22(12-14-25)24-15-17-36-21-24/h1-14,16,18-20,24,36H,15,17,21H2,(H,38,43)(H,37,39,40). The first kappa shape index (κ1) is 26.8. The van der Waals surface area contributed by atoms with Gasteiger partial charge < -0.3 is 16.0 Å². The average Bonchev–Trinajstić information content (AvgIpc) is 3.71. The Morgan fingerprint density at radius 1 is 0.907 bits per heavy atom. The largest absolute Gasteiger partial charge is 0.324 e. The number of hydrogen-bond donors (Lipinski definition) is 3. The zero-order valence-electron chi connectivity index (χ0n) is 23.2. The van der Waals surface area contributed by atoms with Crippen LogP contribution < -0.4 is 16.0 Å². The van der Waals surface area contributed by atoms with E-state index in [0.29, 0.717) is 33.8 Å². The monoisotopic (exact) mass is 585 g/mol. The quantitative estimate of drug-likeness (QED) is 0.184. The molecule has 4 heterocycles. The molecule has 3 aromatic heterocycles. The van der Waals surface area contributed by atoms with Crippen molar-refractivity contribution in [2.75, 3.05) is 23.7 Å². The van der Waals surface area contributed by atoms with Gasteiger partial charge in [-0.3, -0.25) is 9.20 Å². The third-order valence-electron chi connectivity index (χ3n) is 7.64. The molecule has 1 amide bonds. The van der Waals surface area contributed by atoms with Crippen LogP contribution in [0.4, 0.5) is 17.3 Å². The van der Waals surface area contributed by atoms with E-state index in [0.717, 1.165) is 47.8 Å². The minimum absolute atomic E-state index is 0.280. The summed E-state index contributed by atoms with van der Waals surface area (Å²) in [6.45, 7) is 2.09. The molecule has 1 fully saturated rings. The number of benzene rings is 3. The number of halogens is 1. The molecule has 1 atom stereocenters. The summed E-state index contributed by atoms with van der Waals surface area (Å²) in [4.78, 5) is 27.3. The number of anilines is 3. The molecule has 43 heavy (non-hydrogen) atoms. The van der Waals surface area contributed by atoms with Crippen LogP contribution in [0, 0.1) is 0 Å². The number of pyridine rings is 1. The maximum atomic E-state index is 12.9. The van der Waals surface area contributed by atoms with Crippen molar-refractivity contribution in [3.63, 3.8) is 0 Å². The van der Waals surface area contributed by atoms with Gasteiger partial charge in [-0.25, -0.2) is 15.0 Å². The highest BCUT2D eigenvalue weighted by Crippen LogP contribution is 2.34. The fraction of sp³-hybridized carbons (Fsp3) is 0.118.